The molecule has 0 N–H and O–H groups in total. The first-order valence-electron chi connectivity index (χ1n) is 7.71. The first-order valence-corrected chi connectivity index (χ1v) is 9.51. The summed E-state index contributed by atoms with van der Waals surface area (Å²) in [6.07, 6.45) is 0.703. The first kappa shape index (κ1) is 20.0. The summed E-state index contributed by atoms with van der Waals surface area (Å²) in [6.45, 7) is 8.23. The van der Waals surface area contributed by atoms with Gasteiger partial charge in [0.1, 0.15) is 5.73 Å². The van der Waals surface area contributed by atoms with Gasteiger partial charge in [0.15, 0.2) is 6.29 Å². The van der Waals surface area contributed by atoms with E-state index in [1.807, 2.05) is 27.7 Å². The monoisotopic (exact) mass is 338 g/mol. The molecule has 1 aliphatic rings. The Morgan fingerprint density at radius 2 is 1.77 bits per heavy atom. The number of ether oxygens (including phenoxy) is 4. The lowest BCUT2D eigenvalue weighted by atomic mass is 10.4. The van der Waals surface area contributed by atoms with Gasteiger partial charge in [-0.05, 0) is 20.3 Å². The smallest absolute Gasteiger partial charge is 0.375 e. The zero-order valence-electron chi connectivity index (χ0n) is 14.7. The van der Waals surface area contributed by atoms with E-state index >= 15 is 0 Å². The summed E-state index contributed by atoms with van der Waals surface area (Å²) in [6, 6.07) is 0. The Balaban J connectivity index is 2.72. The zero-order chi connectivity index (χ0) is 16.8. The molecule has 0 aromatic heterocycles. The molecule has 0 bridgehead atoms. The van der Waals surface area contributed by atoms with Gasteiger partial charge in [0.25, 0.3) is 5.97 Å². The quantitative estimate of drug-likeness (QED) is 0.446. The van der Waals surface area contributed by atoms with Gasteiger partial charge in [-0.2, -0.15) is 0 Å². The Kier molecular flexibility index (Phi) is 7.90. The standard InChI is InChI=1S/C14H30O7Si/c1-8-13(19-12(4)22(15-5,16-6)17-7)21-14(9-2)18-10-11(3)20-14/h11-13H,8-10H2,1-7H3. The van der Waals surface area contributed by atoms with Gasteiger partial charge in [-0.1, -0.05) is 13.8 Å². The van der Waals surface area contributed by atoms with Crippen LogP contribution in [0.2, 0.25) is 0 Å². The minimum absolute atomic E-state index is 0.000251. The molecule has 4 atom stereocenters. The summed E-state index contributed by atoms with van der Waals surface area (Å²) in [7, 11) is 1.78. The number of hydrogen-bond acceptors (Lipinski definition) is 7. The van der Waals surface area contributed by atoms with E-state index in [1.54, 1.807) is 21.3 Å². The van der Waals surface area contributed by atoms with Crippen LogP contribution in [0, 0.1) is 0 Å². The molecule has 1 saturated heterocycles. The van der Waals surface area contributed by atoms with Crippen molar-refractivity contribution in [2.75, 3.05) is 27.9 Å². The van der Waals surface area contributed by atoms with Crippen molar-refractivity contribution in [3.8, 4) is 0 Å². The molecule has 22 heavy (non-hydrogen) atoms. The fourth-order valence-corrected chi connectivity index (χ4v) is 4.23. The van der Waals surface area contributed by atoms with Crippen LogP contribution < -0.4 is 0 Å². The molecule has 1 heterocycles. The molecule has 4 unspecified atom stereocenters. The predicted molar refractivity (Wildman–Crippen MR) is 82.0 cm³/mol. The number of hydrogen-bond donors (Lipinski definition) is 0. The molecule has 0 amide bonds. The van der Waals surface area contributed by atoms with Crippen LogP contribution in [0.3, 0.4) is 0 Å². The van der Waals surface area contributed by atoms with Crippen LogP contribution in [-0.2, 0) is 32.2 Å². The third-order valence-corrected chi connectivity index (χ3v) is 6.54. The van der Waals surface area contributed by atoms with Crippen molar-refractivity contribution in [2.45, 2.75) is 64.6 Å². The third-order valence-electron chi connectivity index (χ3n) is 3.70. The van der Waals surface area contributed by atoms with Crippen LogP contribution in [-0.4, -0.2) is 60.8 Å². The Morgan fingerprint density at radius 3 is 2.14 bits per heavy atom. The van der Waals surface area contributed by atoms with Gasteiger partial charge < -0.3 is 27.5 Å². The molecule has 0 radical (unpaired) electrons. The topological polar surface area (TPSA) is 64.6 Å². The summed E-state index contributed by atoms with van der Waals surface area (Å²) in [4.78, 5) is 0. The molecule has 0 saturated carbocycles. The van der Waals surface area contributed by atoms with Crippen molar-refractivity contribution in [2.24, 2.45) is 0 Å². The molecule has 0 aliphatic carbocycles. The van der Waals surface area contributed by atoms with Gasteiger partial charge in [0, 0.05) is 27.8 Å². The maximum atomic E-state index is 5.97. The van der Waals surface area contributed by atoms with Crippen LogP contribution in [0.5, 0.6) is 0 Å². The van der Waals surface area contributed by atoms with Crippen molar-refractivity contribution >= 4 is 8.80 Å². The molecule has 8 heteroatoms. The molecule has 0 aromatic rings. The van der Waals surface area contributed by atoms with Crippen LogP contribution in [0.1, 0.15) is 40.5 Å². The van der Waals surface area contributed by atoms with Crippen LogP contribution in [0.15, 0.2) is 0 Å². The summed E-state index contributed by atoms with van der Waals surface area (Å²) in [5.74, 6) is -1.04. The highest BCUT2D eigenvalue weighted by Gasteiger charge is 2.48. The van der Waals surface area contributed by atoms with Crippen LogP contribution in [0.25, 0.3) is 0 Å². The normalized spacial score (nSPS) is 28.8. The molecular formula is C14H30O7Si. The maximum absolute atomic E-state index is 5.97. The molecule has 0 aromatic carbocycles. The first-order chi connectivity index (χ1) is 10.4. The lowest BCUT2D eigenvalue weighted by molar-refractivity contribution is -0.388. The van der Waals surface area contributed by atoms with Crippen molar-refractivity contribution in [3.05, 3.63) is 0 Å². The predicted octanol–water partition coefficient (Wildman–Crippen LogP) is 2.06. The zero-order valence-corrected chi connectivity index (χ0v) is 15.7. The maximum Gasteiger partial charge on any atom is 0.530 e. The Labute approximate surface area is 134 Å². The minimum Gasteiger partial charge on any atom is -0.375 e. The van der Waals surface area contributed by atoms with Gasteiger partial charge in [0.05, 0.1) is 12.7 Å². The third kappa shape index (κ3) is 4.48. The van der Waals surface area contributed by atoms with E-state index in [9.17, 15) is 0 Å². The highest BCUT2D eigenvalue weighted by atomic mass is 28.4. The Bertz CT molecular complexity index is 318. The van der Waals surface area contributed by atoms with Crippen molar-refractivity contribution in [1.29, 1.82) is 0 Å². The summed E-state index contributed by atoms with van der Waals surface area (Å²) < 4.78 is 39.7. The van der Waals surface area contributed by atoms with E-state index in [0.717, 1.165) is 0 Å². The van der Waals surface area contributed by atoms with E-state index in [2.05, 4.69) is 0 Å². The fourth-order valence-electron chi connectivity index (χ4n) is 2.42. The minimum atomic E-state index is -2.89. The largest absolute Gasteiger partial charge is 0.530 e. The van der Waals surface area contributed by atoms with E-state index in [0.29, 0.717) is 19.4 Å². The molecule has 1 aliphatic heterocycles. The molecular weight excluding hydrogens is 308 g/mol. The Hall–Kier alpha value is -0.0631. The van der Waals surface area contributed by atoms with Crippen molar-refractivity contribution < 1.29 is 32.2 Å². The lowest BCUT2D eigenvalue weighted by Gasteiger charge is -2.35. The van der Waals surface area contributed by atoms with Gasteiger partial charge in [-0.3, -0.25) is 4.74 Å². The van der Waals surface area contributed by atoms with E-state index in [-0.39, 0.29) is 11.8 Å². The van der Waals surface area contributed by atoms with Gasteiger partial charge in [-0.15, -0.1) is 0 Å². The second-order valence-corrected chi connectivity index (χ2v) is 8.47. The average molecular weight is 338 g/mol. The van der Waals surface area contributed by atoms with Crippen LogP contribution >= 0.6 is 0 Å². The molecule has 132 valence electrons. The highest BCUT2D eigenvalue weighted by molar-refractivity contribution is 6.61. The molecule has 1 fully saturated rings. The highest BCUT2D eigenvalue weighted by Crippen LogP contribution is 2.31. The van der Waals surface area contributed by atoms with Gasteiger partial charge >= 0.3 is 8.80 Å². The van der Waals surface area contributed by atoms with Crippen molar-refractivity contribution in [1.82, 2.24) is 0 Å². The fraction of sp³-hybridized carbons (Fsp3) is 1.00. The summed E-state index contributed by atoms with van der Waals surface area (Å²) in [5, 5.41) is 0. The van der Waals surface area contributed by atoms with Gasteiger partial charge in [-0.25, -0.2) is 0 Å². The average Bonchev–Trinajstić information content (AvgIpc) is 2.90. The van der Waals surface area contributed by atoms with E-state index in [4.69, 9.17) is 32.2 Å². The van der Waals surface area contributed by atoms with Crippen molar-refractivity contribution in [3.63, 3.8) is 0 Å². The molecule has 1 rings (SSSR count). The van der Waals surface area contributed by atoms with Gasteiger partial charge in [0.2, 0.25) is 0 Å². The van der Waals surface area contributed by atoms with E-state index < -0.39 is 21.1 Å². The summed E-state index contributed by atoms with van der Waals surface area (Å²) in [5.41, 5.74) is -0.384. The second kappa shape index (κ2) is 8.70. The number of rotatable bonds is 10. The summed E-state index contributed by atoms with van der Waals surface area (Å²) >= 11 is 0. The second-order valence-electron chi connectivity index (χ2n) is 5.23. The van der Waals surface area contributed by atoms with Crippen LogP contribution in [0.4, 0.5) is 0 Å². The Morgan fingerprint density at radius 1 is 1.18 bits per heavy atom. The SMILES string of the molecule is CCC(OC(C)[Si](OC)(OC)OC)OC1(CC)OCC(C)O1. The lowest BCUT2D eigenvalue weighted by Crippen LogP contribution is -2.55. The molecule has 0 spiro atoms. The van der Waals surface area contributed by atoms with E-state index in [1.165, 1.54) is 0 Å². The molecule has 7 nitrogen and oxygen atoms in total.